The molecule has 1 aliphatic heterocycles. The van der Waals surface area contributed by atoms with E-state index in [1.165, 1.54) is 57.8 Å². The Hall–Kier alpha value is -1.88. The largest absolute Gasteiger partial charge is 0.376 e. The predicted octanol–water partition coefficient (Wildman–Crippen LogP) is 6.24. The van der Waals surface area contributed by atoms with E-state index >= 15 is 0 Å². The van der Waals surface area contributed by atoms with Crippen LogP contribution in [0.2, 0.25) is 0 Å². The number of rotatable bonds is 16. The number of unbranched alkanes of at least 4 members (excludes halogenated alkanes) is 10. The third kappa shape index (κ3) is 11.3. The second-order valence-electron chi connectivity index (χ2n) is 8.76. The van der Waals surface area contributed by atoms with Crippen LogP contribution in [0, 0.1) is 0 Å². The highest BCUT2D eigenvalue weighted by Gasteiger charge is 2.16. The SMILES string of the molecule is CCCCCCCCCCCCCC(=O)Nc1cccc(C(=O)NCC2CCCO2)c1. The van der Waals surface area contributed by atoms with E-state index < -0.39 is 0 Å². The maximum Gasteiger partial charge on any atom is 0.251 e. The van der Waals surface area contributed by atoms with Crippen molar-refractivity contribution in [1.29, 1.82) is 0 Å². The lowest BCUT2D eigenvalue weighted by molar-refractivity contribution is -0.116. The summed E-state index contributed by atoms with van der Waals surface area (Å²) >= 11 is 0. The third-order valence-corrected chi connectivity index (χ3v) is 5.93. The number of anilines is 1. The summed E-state index contributed by atoms with van der Waals surface area (Å²) in [6, 6.07) is 7.14. The Kier molecular flexibility index (Phi) is 13.0. The third-order valence-electron chi connectivity index (χ3n) is 5.93. The van der Waals surface area contributed by atoms with Gasteiger partial charge in [-0.2, -0.15) is 0 Å². The molecule has 31 heavy (non-hydrogen) atoms. The van der Waals surface area contributed by atoms with Crippen molar-refractivity contribution in [2.45, 2.75) is 103 Å². The number of ether oxygens (including phenoxy) is 1. The van der Waals surface area contributed by atoms with Crippen LogP contribution in [0.5, 0.6) is 0 Å². The van der Waals surface area contributed by atoms with E-state index in [9.17, 15) is 9.59 Å². The minimum Gasteiger partial charge on any atom is -0.376 e. The summed E-state index contributed by atoms with van der Waals surface area (Å²) in [6.45, 7) is 3.57. The molecule has 1 aliphatic rings. The van der Waals surface area contributed by atoms with Crippen LogP contribution in [0.3, 0.4) is 0 Å². The fourth-order valence-electron chi connectivity index (χ4n) is 4.03. The van der Waals surface area contributed by atoms with Crippen LogP contribution in [0.1, 0.15) is 107 Å². The molecular weight excluding hydrogens is 388 g/mol. The van der Waals surface area contributed by atoms with Gasteiger partial charge >= 0.3 is 0 Å². The average Bonchev–Trinajstić information content (AvgIpc) is 3.30. The van der Waals surface area contributed by atoms with Gasteiger partial charge in [0.15, 0.2) is 0 Å². The Morgan fingerprint density at radius 2 is 1.65 bits per heavy atom. The number of carbonyl (C=O) groups is 2. The molecule has 2 rings (SSSR count). The van der Waals surface area contributed by atoms with E-state index in [1.807, 2.05) is 6.07 Å². The molecule has 1 unspecified atom stereocenters. The first-order chi connectivity index (χ1) is 15.2. The molecule has 0 bridgehead atoms. The Morgan fingerprint density at radius 1 is 0.968 bits per heavy atom. The van der Waals surface area contributed by atoms with Crippen LogP contribution in [-0.2, 0) is 9.53 Å². The predicted molar refractivity (Wildman–Crippen MR) is 127 cm³/mol. The molecule has 1 atom stereocenters. The highest BCUT2D eigenvalue weighted by atomic mass is 16.5. The van der Waals surface area contributed by atoms with Gasteiger partial charge in [0.05, 0.1) is 6.10 Å². The van der Waals surface area contributed by atoms with Crippen molar-refractivity contribution in [3.05, 3.63) is 29.8 Å². The standard InChI is InChI=1S/C26H42N2O3/c1-2-3-4-5-6-7-8-9-10-11-12-18-25(29)28-23-16-13-15-22(20-23)26(30)27-21-24-17-14-19-31-24/h13,15-16,20,24H,2-12,14,17-19,21H2,1H3,(H,27,30)(H,28,29). The number of amides is 2. The van der Waals surface area contributed by atoms with Gasteiger partial charge in [-0.05, 0) is 37.5 Å². The Morgan fingerprint density at radius 3 is 2.29 bits per heavy atom. The molecule has 0 aliphatic carbocycles. The van der Waals surface area contributed by atoms with Crippen LogP contribution in [0.4, 0.5) is 5.69 Å². The first-order valence-corrected chi connectivity index (χ1v) is 12.5. The van der Waals surface area contributed by atoms with E-state index in [0.29, 0.717) is 24.2 Å². The lowest BCUT2D eigenvalue weighted by Crippen LogP contribution is -2.31. The van der Waals surface area contributed by atoms with Gasteiger partial charge in [0.1, 0.15) is 0 Å². The summed E-state index contributed by atoms with van der Waals surface area (Å²) in [4.78, 5) is 24.6. The summed E-state index contributed by atoms with van der Waals surface area (Å²) < 4.78 is 5.54. The molecule has 5 heteroatoms. The molecule has 2 N–H and O–H groups in total. The van der Waals surface area contributed by atoms with Gasteiger partial charge in [0, 0.05) is 30.8 Å². The van der Waals surface area contributed by atoms with Crippen molar-refractivity contribution < 1.29 is 14.3 Å². The van der Waals surface area contributed by atoms with E-state index in [1.54, 1.807) is 18.2 Å². The fourth-order valence-corrected chi connectivity index (χ4v) is 4.03. The molecule has 0 radical (unpaired) electrons. The van der Waals surface area contributed by atoms with Crippen LogP contribution in [0.15, 0.2) is 24.3 Å². The van der Waals surface area contributed by atoms with Crippen molar-refractivity contribution in [2.24, 2.45) is 0 Å². The van der Waals surface area contributed by atoms with Gasteiger partial charge < -0.3 is 15.4 Å². The van der Waals surface area contributed by atoms with Crippen molar-refractivity contribution >= 4 is 17.5 Å². The van der Waals surface area contributed by atoms with Crippen molar-refractivity contribution in [3.63, 3.8) is 0 Å². The van der Waals surface area contributed by atoms with Crippen molar-refractivity contribution in [3.8, 4) is 0 Å². The summed E-state index contributed by atoms with van der Waals surface area (Å²) in [6.07, 6.45) is 16.7. The van der Waals surface area contributed by atoms with E-state index in [4.69, 9.17) is 4.74 Å². The molecule has 0 spiro atoms. The second kappa shape index (κ2) is 15.9. The number of carbonyl (C=O) groups excluding carboxylic acids is 2. The normalized spacial score (nSPS) is 15.7. The molecule has 0 saturated carbocycles. The molecule has 1 aromatic rings. The van der Waals surface area contributed by atoms with Crippen molar-refractivity contribution in [1.82, 2.24) is 5.32 Å². The topological polar surface area (TPSA) is 67.4 Å². The zero-order valence-corrected chi connectivity index (χ0v) is 19.4. The summed E-state index contributed by atoms with van der Waals surface area (Å²) in [5.74, 6) is -0.107. The molecule has 1 heterocycles. The fraction of sp³-hybridized carbons (Fsp3) is 0.692. The Labute approximate surface area is 188 Å². The van der Waals surface area contributed by atoms with Crippen LogP contribution in [-0.4, -0.2) is 31.1 Å². The van der Waals surface area contributed by atoms with E-state index in [0.717, 1.165) is 32.3 Å². The summed E-state index contributed by atoms with van der Waals surface area (Å²) in [7, 11) is 0. The number of benzene rings is 1. The number of hydrogen-bond donors (Lipinski definition) is 2. The monoisotopic (exact) mass is 430 g/mol. The first-order valence-electron chi connectivity index (χ1n) is 12.5. The summed E-state index contributed by atoms with van der Waals surface area (Å²) in [5, 5.41) is 5.85. The molecule has 1 fully saturated rings. The van der Waals surface area contributed by atoms with Gasteiger partial charge in [0.2, 0.25) is 5.91 Å². The van der Waals surface area contributed by atoms with Gasteiger partial charge in [-0.25, -0.2) is 0 Å². The Balaban J connectivity index is 1.54. The molecule has 0 aromatic heterocycles. The molecular formula is C26H42N2O3. The van der Waals surface area contributed by atoms with Gasteiger partial charge in [-0.15, -0.1) is 0 Å². The highest BCUT2D eigenvalue weighted by molar-refractivity contribution is 5.97. The smallest absolute Gasteiger partial charge is 0.251 e. The van der Waals surface area contributed by atoms with Gasteiger partial charge in [-0.3, -0.25) is 9.59 Å². The Bertz CT molecular complexity index is 641. The lowest BCUT2D eigenvalue weighted by Gasteiger charge is -2.11. The molecule has 2 amide bonds. The van der Waals surface area contributed by atoms with E-state index in [2.05, 4.69) is 17.6 Å². The zero-order valence-electron chi connectivity index (χ0n) is 19.4. The minimum atomic E-state index is -0.128. The van der Waals surface area contributed by atoms with Crippen LogP contribution >= 0.6 is 0 Å². The maximum atomic E-state index is 12.3. The number of hydrogen-bond acceptors (Lipinski definition) is 3. The highest BCUT2D eigenvalue weighted by Crippen LogP contribution is 2.15. The molecule has 174 valence electrons. The van der Waals surface area contributed by atoms with Crippen molar-refractivity contribution in [2.75, 3.05) is 18.5 Å². The molecule has 5 nitrogen and oxygen atoms in total. The van der Waals surface area contributed by atoms with Crippen LogP contribution < -0.4 is 10.6 Å². The maximum absolute atomic E-state index is 12.3. The van der Waals surface area contributed by atoms with Gasteiger partial charge in [0.25, 0.3) is 5.91 Å². The molecule has 1 saturated heterocycles. The van der Waals surface area contributed by atoms with E-state index in [-0.39, 0.29) is 17.9 Å². The van der Waals surface area contributed by atoms with Gasteiger partial charge in [-0.1, -0.05) is 77.2 Å². The quantitative estimate of drug-likeness (QED) is 0.305. The summed E-state index contributed by atoms with van der Waals surface area (Å²) in [5.41, 5.74) is 1.24. The zero-order chi connectivity index (χ0) is 22.2. The average molecular weight is 431 g/mol. The first kappa shape index (κ1) is 25.4. The minimum absolute atomic E-state index is 0.0211. The van der Waals surface area contributed by atoms with Crippen LogP contribution in [0.25, 0.3) is 0 Å². The molecule has 1 aromatic carbocycles. The lowest BCUT2D eigenvalue weighted by atomic mass is 10.1. The number of nitrogens with one attached hydrogen (secondary N) is 2. The second-order valence-corrected chi connectivity index (χ2v) is 8.76.